The summed E-state index contributed by atoms with van der Waals surface area (Å²) in [6.45, 7) is 2.04. The van der Waals surface area contributed by atoms with Crippen LogP contribution in [0.2, 0.25) is 0 Å². The summed E-state index contributed by atoms with van der Waals surface area (Å²) in [5.41, 5.74) is 3.89. The number of carbonyl (C=O) groups is 3. The summed E-state index contributed by atoms with van der Waals surface area (Å²) in [5.74, 6) is -1.31. The summed E-state index contributed by atoms with van der Waals surface area (Å²) < 4.78 is 5.67. The molecule has 0 spiro atoms. The van der Waals surface area contributed by atoms with Gasteiger partial charge >= 0.3 is 12.1 Å². The molecule has 2 saturated carbocycles. The Morgan fingerprint density at radius 2 is 1.60 bits per heavy atom. The lowest BCUT2D eigenvalue weighted by molar-refractivity contribution is -0.139. The highest BCUT2D eigenvalue weighted by Crippen LogP contribution is 2.45. The molecule has 7 heteroatoms. The topological polar surface area (TPSA) is 105 Å². The minimum Gasteiger partial charge on any atom is -0.481 e. The summed E-state index contributed by atoms with van der Waals surface area (Å²) in [5, 5.41) is 15.3. The molecule has 7 nitrogen and oxygen atoms in total. The molecule has 35 heavy (non-hydrogen) atoms. The molecule has 0 saturated heterocycles. The van der Waals surface area contributed by atoms with Gasteiger partial charge in [-0.1, -0.05) is 55.0 Å². The van der Waals surface area contributed by atoms with E-state index in [2.05, 4.69) is 34.9 Å². The Hall–Kier alpha value is -3.35. The Kier molecular flexibility index (Phi) is 6.26. The van der Waals surface area contributed by atoms with E-state index in [-0.39, 0.29) is 42.7 Å². The molecule has 184 valence electrons. The van der Waals surface area contributed by atoms with Crippen LogP contribution in [0.1, 0.15) is 62.5 Å². The van der Waals surface area contributed by atoms with E-state index in [1.54, 1.807) is 0 Å². The SMILES string of the molecule is CC(CC(=O)O)(NC(=O)C1CCCC1NC(=O)OCC1c2ccccc2-c2ccccc21)C1CC1. The van der Waals surface area contributed by atoms with Gasteiger partial charge in [-0.3, -0.25) is 9.59 Å². The third kappa shape index (κ3) is 4.77. The first-order valence-electron chi connectivity index (χ1n) is 12.5. The Labute approximate surface area is 205 Å². The number of benzene rings is 2. The van der Waals surface area contributed by atoms with Gasteiger partial charge in [0.25, 0.3) is 0 Å². The number of rotatable bonds is 8. The van der Waals surface area contributed by atoms with Crippen LogP contribution < -0.4 is 10.6 Å². The number of alkyl carbamates (subject to hydrolysis) is 1. The first-order chi connectivity index (χ1) is 16.9. The van der Waals surface area contributed by atoms with Crippen molar-refractivity contribution in [2.24, 2.45) is 11.8 Å². The number of ether oxygens (including phenoxy) is 1. The minimum atomic E-state index is -0.917. The molecule has 2 aromatic carbocycles. The highest BCUT2D eigenvalue weighted by atomic mass is 16.5. The van der Waals surface area contributed by atoms with Gasteiger partial charge < -0.3 is 20.5 Å². The molecule has 2 aromatic rings. The van der Waals surface area contributed by atoms with Gasteiger partial charge in [-0.15, -0.1) is 0 Å². The van der Waals surface area contributed by atoms with Crippen LogP contribution >= 0.6 is 0 Å². The summed E-state index contributed by atoms with van der Waals surface area (Å²) >= 11 is 0. The Morgan fingerprint density at radius 3 is 2.20 bits per heavy atom. The van der Waals surface area contributed by atoms with E-state index in [9.17, 15) is 19.5 Å². The molecule has 0 aliphatic heterocycles. The van der Waals surface area contributed by atoms with Crippen LogP contribution in [-0.2, 0) is 14.3 Å². The molecule has 3 atom stereocenters. The van der Waals surface area contributed by atoms with Crippen LogP contribution in [0.25, 0.3) is 11.1 Å². The van der Waals surface area contributed by atoms with Gasteiger partial charge in [0.05, 0.1) is 17.9 Å². The third-order valence-electron chi connectivity index (χ3n) is 7.91. The van der Waals surface area contributed by atoms with Crippen molar-refractivity contribution in [3.8, 4) is 11.1 Å². The predicted molar refractivity (Wildman–Crippen MR) is 131 cm³/mol. The summed E-state index contributed by atoms with van der Waals surface area (Å²) in [7, 11) is 0. The Balaban J connectivity index is 1.20. The second-order valence-corrected chi connectivity index (χ2v) is 10.4. The second-order valence-electron chi connectivity index (χ2n) is 10.4. The number of carboxylic acids is 1. The quantitative estimate of drug-likeness (QED) is 0.522. The van der Waals surface area contributed by atoms with Crippen LogP contribution in [0, 0.1) is 11.8 Å². The highest BCUT2D eigenvalue weighted by molar-refractivity contribution is 5.83. The lowest BCUT2D eigenvalue weighted by atomic mass is 9.90. The maximum Gasteiger partial charge on any atom is 0.407 e. The van der Waals surface area contributed by atoms with Crippen molar-refractivity contribution in [1.29, 1.82) is 0 Å². The van der Waals surface area contributed by atoms with Crippen LogP contribution in [-0.4, -0.2) is 41.3 Å². The normalized spacial score (nSPS) is 22.5. The van der Waals surface area contributed by atoms with Gasteiger partial charge in [0, 0.05) is 12.0 Å². The first-order valence-corrected chi connectivity index (χ1v) is 12.5. The van der Waals surface area contributed by atoms with E-state index in [4.69, 9.17) is 4.74 Å². The molecule has 0 radical (unpaired) electrons. The van der Waals surface area contributed by atoms with E-state index < -0.39 is 17.6 Å². The number of carboxylic acid groups (broad SMARTS) is 1. The average molecular weight is 477 g/mol. The fraction of sp³-hybridized carbons (Fsp3) is 0.464. The fourth-order valence-electron chi connectivity index (χ4n) is 5.94. The largest absolute Gasteiger partial charge is 0.481 e. The molecule has 0 heterocycles. The number of nitrogens with one attached hydrogen (secondary N) is 2. The zero-order valence-corrected chi connectivity index (χ0v) is 20.0. The monoisotopic (exact) mass is 476 g/mol. The first kappa shape index (κ1) is 23.4. The number of hydrogen-bond donors (Lipinski definition) is 3. The number of fused-ring (bicyclic) bond motifs is 3. The molecule has 2 amide bonds. The van der Waals surface area contributed by atoms with Gasteiger partial charge in [0.2, 0.25) is 5.91 Å². The van der Waals surface area contributed by atoms with Gasteiger partial charge in [-0.05, 0) is 60.8 Å². The Bertz CT molecular complexity index is 1100. The smallest absolute Gasteiger partial charge is 0.407 e. The van der Waals surface area contributed by atoms with Crippen molar-refractivity contribution >= 4 is 18.0 Å². The maximum absolute atomic E-state index is 13.1. The molecular formula is C28H32N2O5. The Morgan fingerprint density at radius 1 is 0.971 bits per heavy atom. The standard InChI is InChI=1S/C28H32N2O5/c1-28(15-25(31)32,17-13-14-17)30-26(33)22-11-6-12-24(22)29-27(34)35-16-23-20-9-4-2-7-18(20)19-8-3-5-10-21(19)23/h2-5,7-10,17,22-24H,6,11-16H2,1H3,(H,29,34)(H,30,33)(H,31,32). The van der Waals surface area contributed by atoms with Crippen molar-refractivity contribution in [3.63, 3.8) is 0 Å². The van der Waals surface area contributed by atoms with E-state index in [0.29, 0.717) is 12.8 Å². The van der Waals surface area contributed by atoms with Crippen LogP contribution in [0.15, 0.2) is 48.5 Å². The van der Waals surface area contributed by atoms with E-state index in [1.165, 1.54) is 11.1 Å². The fourth-order valence-corrected chi connectivity index (χ4v) is 5.94. The summed E-state index contributed by atoms with van der Waals surface area (Å²) in [6.07, 6.45) is 3.42. The maximum atomic E-state index is 13.1. The van der Waals surface area contributed by atoms with Crippen LogP contribution in [0.3, 0.4) is 0 Å². The van der Waals surface area contributed by atoms with Crippen LogP contribution in [0.5, 0.6) is 0 Å². The summed E-state index contributed by atoms with van der Waals surface area (Å²) in [4.78, 5) is 37.2. The second kappa shape index (κ2) is 9.36. The minimum absolute atomic E-state index is 0.0221. The van der Waals surface area contributed by atoms with E-state index in [0.717, 1.165) is 30.4 Å². The summed E-state index contributed by atoms with van der Waals surface area (Å²) in [6, 6.07) is 16.0. The molecule has 3 unspecified atom stereocenters. The van der Waals surface area contributed by atoms with Gasteiger partial charge in [-0.25, -0.2) is 4.79 Å². The van der Waals surface area contributed by atoms with E-state index in [1.807, 2.05) is 31.2 Å². The number of amides is 2. The molecule has 0 aromatic heterocycles. The van der Waals surface area contributed by atoms with Gasteiger partial charge in [0.15, 0.2) is 0 Å². The molecule has 0 bridgehead atoms. The van der Waals surface area contributed by atoms with Crippen molar-refractivity contribution in [3.05, 3.63) is 59.7 Å². The van der Waals surface area contributed by atoms with Gasteiger partial charge in [0.1, 0.15) is 6.61 Å². The van der Waals surface area contributed by atoms with Crippen molar-refractivity contribution < 1.29 is 24.2 Å². The molecule has 5 rings (SSSR count). The number of carbonyl (C=O) groups excluding carboxylic acids is 2. The molecule has 3 aliphatic carbocycles. The predicted octanol–water partition coefficient (Wildman–Crippen LogP) is 4.45. The molecular weight excluding hydrogens is 444 g/mol. The number of aliphatic carboxylic acids is 1. The molecule has 3 N–H and O–H groups in total. The average Bonchev–Trinajstić information content (AvgIpc) is 3.52. The third-order valence-corrected chi connectivity index (χ3v) is 7.91. The van der Waals surface area contributed by atoms with Crippen LogP contribution in [0.4, 0.5) is 4.79 Å². The molecule has 2 fully saturated rings. The lowest BCUT2D eigenvalue weighted by Gasteiger charge is -2.32. The zero-order chi connectivity index (χ0) is 24.6. The highest BCUT2D eigenvalue weighted by Gasteiger charge is 2.46. The van der Waals surface area contributed by atoms with Gasteiger partial charge in [-0.2, -0.15) is 0 Å². The van der Waals surface area contributed by atoms with Crippen molar-refractivity contribution in [1.82, 2.24) is 10.6 Å². The lowest BCUT2D eigenvalue weighted by Crippen LogP contribution is -2.53. The van der Waals surface area contributed by atoms with Crippen molar-refractivity contribution in [2.45, 2.75) is 62.9 Å². The molecule has 3 aliphatic rings. The van der Waals surface area contributed by atoms with Crippen molar-refractivity contribution in [2.75, 3.05) is 6.61 Å². The number of hydrogen-bond acceptors (Lipinski definition) is 4. The zero-order valence-electron chi connectivity index (χ0n) is 20.0. The van der Waals surface area contributed by atoms with E-state index >= 15 is 0 Å².